The van der Waals surface area contributed by atoms with Gasteiger partial charge in [0.15, 0.2) is 0 Å². The number of rotatable bonds is 5. The van der Waals surface area contributed by atoms with Gasteiger partial charge in [-0.05, 0) is 42.6 Å². The molecular weight excluding hydrogens is 304 g/mol. The van der Waals surface area contributed by atoms with Crippen molar-refractivity contribution < 1.29 is 17.2 Å². The van der Waals surface area contributed by atoms with Gasteiger partial charge in [-0.25, -0.2) is 8.42 Å². The highest BCUT2D eigenvalue weighted by molar-refractivity contribution is 7.91. The van der Waals surface area contributed by atoms with Crippen molar-refractivity contribution in [3.8, 4) is 0 Å². The van der Waals surface area contributed by atoms with Crippen molar-refractivity contribution in [3.63, 3.8) is 0 Å². The summed E-state index contributed by atoms with van der Waals surface area (Å²) in [4.78, 5) is 0.760. The molecule has 0 aliphatic carbocycles. The molecule has 1 atom stereocenters. The Balaban J connectivity index is 2.13. The highest BCUT2D eigenvalue weighted by atomic mass is 32.2. The second-order valence-corrected chi connectivity index (χ2v) is 7.11. The summed E-state index contributed by atoms with van der Waals surface area (Å²) in [6.07, 6.45) is 0. The monoisotopic (exact) mass is 317 g/mol. The topological polar surface area (TPSA) is 46.2 Å². The van der Waals surface area contributed by atoms with E-state index in [0.29, 0.717) is 5.69 Å². The minimum atomic E-state index is -4.52. The smallest absolute Gasteiger partial charge is 0.341 e. The standard InChI is InChI=1S/C13H13F2NO2S2/c1-9(12-3-2-8-19-12)16-10-4-6-11(7-5-10)20(17,18)13(14)15/h2-9,13,16H,1H3. The average molecular weight is 317 g/mol. The Kier molecular flexibility index (Phi) is 4.39. The van der Waals surface area contributed by atoms with E-state index in [4.69, 9.17) is 0 Å². The summed E-state index contributed by atoms with van der Waals surface area (Å²) >= 11 is 1.60. The van der Waals surface area contributed by atoms with Gasteiger partial charge in [0.25, 0.3) is 0 Å². The van der Waals surface area contributed by atoms with Gasteiger partial charge >= 0.3 is 5.76 Å². The van der Waals surface area contributed by atoms with Gasteiger partial charge in [0, 0.05) is 10.6 Å². The second-order valence-electron chi connectivity index (χ2n) is 4.21. The number of alkyl halides is 2. The predicted octanol–water partition coefficient (Wildman–Crippen LogP) is 3.92. The first-order valence-electron chi connectivity index (χ1n) is 5.83. The highest BCUT2D eigenvalue weighted by Crippen LogP contribution is 2.25. The third-order valence-electron chi connectivity index (χ3n) is 2.77. The fraction of sp³-hybridized carbons (Fsp3) is 0.231. The van der Waals surface area contributed by atoms with E-state index in [0.717, 1.165) is 4.88 Å². The minimum absolute atomic E-state index is 0.0626. The normalized spacial score (nSPS) is 13.4. The van der Waals surface area contributed by atoms with Crippen LogP contribution in [-0.4, -0.2) is 14.2 Å². The lowest BCUT2D eigenvalue weighted by Gasteiger charge is -2.14. The molecule has 0 aliphatic rings. The molecule has 0 spiro atoms. The molecule has 1 N–H and O–H groups in total. The molecule has 0 saturated heterocycles. The van der Waals surface area contributed by atoms with Crippen LogP contribution >= 0.6 is 11.3 Å². The third-order valence-corrected chi connectivity index (χ3v) is 5.22. The Labute approximate surface area is 120 Å². The molecular formula is C13H13F2NO2S2. The van der Waals surface area contributed by atoms with Crippen molar-refractivity contribution >= 4 is 26.9 Å². The molecule has 1 unspecified atom stereocenters. The minimum Gasteiger partial charge on any atom is -0.378 e. The van der Waals surface area contributed by atoms with E-state index in [9.17, 15) is 17.2 Å². The Morgan fingerprint density at radius 1 is 1.15 bits per heavy atom. The van der Waals surface area contributed by atoms with Crippen molar-refractivity contribution in [2.75, 3.05) is 5.32 Å². The van der Waals surface area contributed by atoms with E-state index in [-0.39, 0.29) is 10.9 Å². The van der Waals surface area contributed by atoms with Gasteiger partial charge in [-0.2, -0.15) is 8.78 Å². The van der Waals surface area contributed by atoms with Gasteiger partial charge in [0.2, 0.25) is 9.84 Å². The van der Waals surface area contributed by atoms with Crippen LogP contribution in [0, 0.1) is 0 Å². The molecule has 3 nitrogen and oxygen atoms in total. The van der Waals surface area contributed by atoms with E-state index in [1.165, 1.54) is 24.3 Å². The van der Waals surface area contributed by atoms with Gasteiger partial charge in [0.05, 0.1) is 10.9 Å². The molecule has 7 heteroatoms. The summed E-state index contributed by atoms with van der Waals surface area (Å²) in [5.41, 5.74) is 0.680. The SMILES string of the molecule is CC(Nc1ccc(S(=O)(=O)C(F)F)cc1)c1cccs1. The zero-order chi connectivity index (χ0) is 14.8. The van der Waals surface area contributed by atoms with Crippen molar-refractivity contribution in [2.45, 2.75) is 23.6 Å². The van der Waals surface area contributed by atoms with Crippen LogP contribution < -0.4 is 5.32 Å². The number of hydrogen-bond acceptors (Lipinski definition) is 4. The summed E-state index contributed by atoms with van der Waals surface area (Å²) in [6.45, 7) is 1.97. The zero-order valence-electron chi connectivity index (χ0n) is 10.6. The van der Waals surface area contributed by atoms with Crippen LogP contribution in [0.3, 0.4) is 0 Å². The van der Waals surface area contributed by atoms with Gasteiger partial charge in [0.1, 0.15) is 0 Å². The number of hydrogen-bond donors (Lipinski definition) is 1. The lowest BCUT2D eigenvalue weighted by molar-refractivity contribution is 0.234. The molecule has 2 aromatic rings. The maximum atomic E-state index is 12.4. The van der Waals surface area contributed by atoms with Crippen LogP contribution in [0.25, 0.3) is 0 Å². The molecule has 1 heterocycles. The van der Waals surface area contributed by atoms with E-state index in [2.05, 4.69) is 5.32 Å². The zero-order valence-corrected chi connectivity index (χ0v) is 12.2. The van der Waals surface area contributed by atoms with Crippen LogP contribution in [0.4, 0.5) is 14.5 Å². The first-order valence-corrected chi connectivity index (χ1v) is 8.26. The molecule has 1 aromatic carbocycles. The fourth-order valence-corrected chi connectivity index (χ4v) is 3.16. The van der Waals surface area contributed by atoms with Crippen molar-refractivity contribution in [1.29, 1.82) is 0 Å². The fourth-order valence-electron chi connectivity index (χ4n) is 1.70. The van der Waals surface area contributed by atoms with E-state index in [1.807, 2.05) is 24.4 Å². The number of halogens is 2. The average Bonchev–Trinajstić information content (AvgIpc) is 2.93. The maximum absolute atomic E-state index is 12.4. The number of thiophene rings is 1. The number of nitrogens with one attached hydrogen (secondary N) is 1. The number of anilines is 1. The summed E-state index contributed by atoms with van der Waals surface area (Å²) < 4.78 is 47.4. The lowest BCUT2D eigenvalue weighted by Crippen LogP contribution is -2.11. The van der Waals surface area contributed by atoms with Gasteiger partial charge in [-0.3, -0.25) is 0 Å². The van der Waals surface area contributed by atoms with Crippen LogP contribution in [0.15, 0.2) is 46.7 Å². The second kappa shape index (κ2) is 5.88. The molecule has 108 valence electrons. The van der Waals surface area contributed by atoms with Gasteiger partial charge in [-0.1, -0.05) is 6.07 Å². The summed E-state index contributed by atoms with van der Waals surface area (Å²) in [6, 6.07) is 9.33. The Hall–Kier alpha value is -1.47. The van der Waals surface area contributed by atoms with E-state index < -0.39 is 15.6 Å². The van der Waals surface area contributed by atoms with Gasteiger partial charge < -0.3 is 5.32 Å². The molecule has 1 aromatic heterocycles. The molecule has 2 rings (SSSR count). The maximum Gasteiger partial charge on any atom is 0.341 e. The number of benzene rings is 1. The van der Waals surface area contributed by atoms with Crippen molar-refractivity contribution in [2.24, 2.45) is 0 Å². The Morgan fingerprint density at radius 3 is 2.30 bits per heavy atom. The Morgan fingerprint density at radius 2 is 1.80 bits per heavy atom. The van der Waals surface area contributed by atoms with Gasteiger partial charge in [-0.15, -0.1) is 11.3 Å². The molecule has 0 radical (unpaired) electrons. The molecule has 0 bridgehead atoms. The molecule has 0 saturated carbocycles. The predicted molar refractivity (Wildman–Crippen MR) is 76.0 cm³/mol. The van der Waals surface area contributed by atoms with Crippen LogP contribution in [-0.2, 0) is 9.84 Å². The van der Waals surface area contributed by atoms with Crippen LogP contribution in [0.2, 0.25) is 0 Å². The summed E-state index contributed by atoms with van der Waals surface area (Å²) in [5.74, 6) is -3.40. The molecule has 0 aliphatic heterocycles. The first-order chi connectivity index (χ1) is 9.41. The molecule has 20 heavy (non-hydrogen) atoms. The lowest BCUT2D eigenvalue weighted by atomic mass is 10.2. The third kappa shape index (κ3) is 3.16. The molecule has 0 fully saturated rings. The van der Waals surface area contributed by atoms with Crippen molar-refractivity contribution in [1.82, 2.24) is 0 Å². The Bertz CT molecular complexity index is 652. The summed E-state index contributed by atoms with van der Waals surface area (Å²) in [7, 11) is -4.52. The summed E-state index contributed by atoms with van der Waals surface area (Å²) in [5, 5.41) is 5.14. The van der Waals surface area contributed by atoms with Crippen LogP contribution in [0.1, 0.15) is 17.8 Å². The highest BCUT2D eigenvalue weighted by Gasteiger charge is 2.26. The number of sulfone groups is 1. The van der Waals surface area contributed by atoms with E-state index >= 15 is 0 Å². The van der Waals surface area contributed by atoms with Crippen molar-refractivity contribution in [3.05, 3.63) is 46.7 Å². The first kappa shape index (κ1) is 14.9. The quantitative estimate of drug-likeness (QED) is 0.909. The van der Waals surface area contributed by atoms with Crippen LogP contribution in [0.5, 0.6) is 0 Å². The molecule has 0 amide bonds. The van der Waals surface area contributed by atoms with E-state index in [1.54, 1.807) is 11.3 Å². The largest absolute Gasteiger partial charge is 0.378 e.